The third-order valence-electron chi connectivity index (χ3n) is 6.75. The van der Waals surface area contributed by atoms with Crippen molar-refractivity contribution >= 4 is 27.9 Å². The molecule has 2 aliphatic heterocycles. The van der Waals surface area contributed by atoms with Crippen LogP contribution < -0.4 is 15.4 Å². The van der Waals surface area contributed by atoms with Gasteiger partial charge in [-0.25, -0.2) is 18.6 Å². The van der Waals surface area contributed by atoms with Crippen LogP contribution in [0.2, 0.25) is 0 Å². The third kappa shape index (κ3) is 3.84. The summed E-state index contributed by atoms with van der Waals surface area (Å²) in [6.07, 6.45) is 0.247. The zero-order chi connectivity index (χ0) is 24.9. The molecule has 1 fully saturated rings. The number of thiol groups is 1. The molecule has 4 rings (SSSR count). The molecule has 0 aliphatic carbocycles. The van der Waals surface area contributed by atoms with E-state index < -0.39 is 43.4 Å². The smallest absolute Gasteiger partial charge is 0.410 e. The van der Waals surface area contributed by atoms with E-state index in [1.807, 2.05) is 0 Å². The highest BCUT2D eigenvalue weighted by Crippen LogP contribution is 2.48. The van der Waals surface area contributed by atoms with Crippen LogP contribution >= 0.6 is 0 Å². The second kappa shape index (κ2) is 8.35. The third-order valence-corrected chi connectivity index (χ3v) is 11.0. The molecular weight excluding hydrogens is 466 g/mol. The van der Waals surface area contributed by atoms with Crippen molar-refractivity contribution in [2.45, 2.75) is 56.2 Å². The molecule has 0 bridgehead atoms. The van der Waals surface area contributed by atoms with E-state index in [0.29, 0.717) is 30.0 Å². The molecule has 0 aromatic carbocycles. The number of hydrogen-bond acceptors (Lipinski definition) is 6. The molecule has 1 saturated heterocycles. The molecule has 2 aliphatic rings. The van der Waals surface area contributed by atoms with Gasteiger partial charge in [-0.1, -0.05) is 0 Å². The zero-order valence-electron chi connectivity index (χ0n) is 19.3. The van der Waals surface area contributed by atoms with Crippen LogP contribution in [0.5, 0.6) is 0 Å². The minimum absolute atomic E-state index is 0.00202. The van der Waals surface area contributed by atoms with Gasteiger partial charge in [0, 0.05) is 6.54 Å². The SMILES string of the molecule is Cc1cc(F)cnc1CNc1ccc(F)c([C@@]2(C)N=C(NC(=O)O)C(C)(C)[SH]3(=O)NCC[C@H]23)n1. The summed E-state index contributed by atoms with van der Waals surface area (Å²) in [6.45, 7) is 7.38. The highest BCUT2D eigenvalue weighted by molar-refractivity contribution is 8.04. The lowest BCUT2D eigenvalue weighted by molar-refractivity contribution is 0.199. The number of aliphatic imine (C=N–C) groups is 1. The summed E-state index contributed by atoms with van der Waals surface area (Å²) in [5.41, 5.74) is -0.146. The van der Waals surface area contributed by atoms with Gasteiger partial charge < -0.3 is 10.4 Å². The van der Waals surface area contributed by atoms with E-state index in [1.54, 1.807) is 27.7 Å². The number of carbonyl (C=O) groups is 1. The van der Waals surface area contributed by atoms with Crippen molar-refractivity contribution in [1.29, 1.82) is 0 Å². The van der Waals surface area contributed by atoms with Gasteiger partial charge in [0.25, 0.3) is 0 Å². The number of anilines is 1. The fourth-order valence-corrected chi connectivity index (χ4v) is 8.46. The summed E-state index contributed by atoms with van der Waals surface area (Å²) >= 11 is 0. The maximum absolute atomic E-state index is 15.2. The van der Waals surface area contributed by atoms with Crippen LogP contribution in [-0.4, -0.2) is 47.8 Å². The van der Waals surface area contributed by atoms with E-state index >= 15 is 4.39 Å². The molecule has 9 nitrogen and oxygen atoms in total. The molecule has 0 saturated carbocycles. The summed E-state index contributed by atoms with van der Waals surface area (Å²) in [6, 6.07) is 4.07. The number of hydrogen-bond donors (Lipinski definition) is 5. The minimum Gasteiger partial charge on any atom is -0.465 e. The number of nitrogens with one attached hydrogen (secondary N) is 3. The number of amidine groups is 1. The van der Waals surface area contributed by atoms with Gasteiger partial charge in [-0.3, -0.25) is 24.2 Å². The number of carboxylic acid groups (broad SMARTS) is 1. The van der Waals surface area contributed by atoms with Crippen molar-refractivity contribution in [1.82, 2.24) is 20.0 Å². The first-order chi connectivity index (χ1) is 15.9. The van der Waals surface area contributed by atoms with Crippen molar-refractivity contribution in [3.8, 4) is 0 Å². The molecular formula is C22H28F2N6O3S. The van der Waals surface area contributed by atoms with Crippen molar-refractivity contribution < 1.29 is 22.9 Å². The first-order valence-electron chi connectivity index (χ1n) is 10.9. The summed E-state index contributed by atoms with van der Waals surface area (Å²) < 4.78 is 44.7. The number of halogens is 2. The molecule has 2 aromatic rings. The Hall–Kier alpha value is -2.99. The Morgan fingerprint density at radius 1 is 1.32 bits per heavy atom. The lowest BCUT2D eigenvalue weighted by atomic mass is 9.89. The van der Waals surface area contributed by atoms with E-state index in [0.717, 1.165) is 6.20 Å². The second-order valence-electron chi connectivity index (χ2n) is 9.27. The fraction of sp³-hybridized carbons (Fsp3) is 0.455. The van der Waals surface area contributed by atoms with Gasteiger partial charge in [0.1, 0.15) is 34.5 Å². The van der Waals surface area contributed by atoms with E-state index in [9.17, 15) is 18.5 Å². The Kier molecular flexibility index (Phi) is 5.93. The molecule has 2 aromatic heterocycles. The second-order valence-corrected chi connectivity index (χ2v) is 12.6. The van der Waals surface area contributed by atoms with Crippen molar-refractivity contribution in [2.24, 2.45) is 4.99 Å². The van der Waals surface area contributed by atoms with Gasteiger partial charge in [-0.05, 0) is 68.0 Å². The summed E-state index contributed by atoms with van der Waals surface area (Å²) in [4.78, 5) is 24.6. The molecule has 0 spiro atoms. The maximum Gasteiger partial charge on any atom is 0.410 e. The van der Waals surface area contributed by atoms with E-state index in [4.69, 9.17) is 0 Å². The lowest BCUT2D eigenvalue weighted by Gasteiger charge is -2.50. The predicted octanol–water partition coefficient (Wildman–Crippen LogP) is 2.64. The van der Waals surface area contributed by atoms with Gasteiger partial charge in [0.15, 0.2) is 0 Å². The van der Waals surface area contributed by atoms with Crippen LogP contribution in [0.25, 0.3) is 0 Å². The van der Waals surface area contributed by atoms with Crippen LogP contribution in [0.4, 0.5) is 19.4 Å². The standard InChI is InChI=1S/C22H28F2N6O3S/c1-12-9-13(23)10-25-15(12)11-26-17-6-5-14(24)18(28-17)22(4)16-7-8-27-34(16,33)21(2,3)19(30-22)29-20(31)32/h5-6,9-10,16,34H,7-8,11H2,1-4H3,(H,26,28)(H,27,33)(H,29,30)(H,31,32)/t16-,22+/m1/s1. The molecule has 12 heteroatoms. The molecule has 4 heterocycles. The van der Waals surface area contributed by atoms with Crippen LogP contribution in [0, 0.1) is 18.6 Å². The minimum atomic E-state index is -3.27. The van der Waals surface area contributed by atoms with Crippen LogP contribution in [-0.2, 0) is 22.2 Å². The number of amides is 1. The maximum atomic E-state index is 15.2. The molecule has 0 unspecified atom stereocenters. The highest BCUT2D eigenvalue weighted by atomic mass is 32.3. The monoisotopic (exact) mass is 494 g/mol. The van der Waals surface area contributed by atoms with Crippen LogP contribution in [0.1, 0.15) is 44.1 Å². The lowest BCUT2D eigenvalue weighted by Crippen LogP contribution is -2.66. The molecule has 184 valence electrons. The predicted molar refractivity (Wildman–Crippen MR) is 126 cm³/mol. The average Bonchev–Trinajstić information content (AvgIpc) is 3.17. The fourth-order valence-electron chi connectivity index (χ4n) is 4.80. The average molecular weight is 495 g/mol. The Morgan fingerprint density at radius 2 is 2.06 bits per heavy atom. The number of aryl methyl sites for hydroxylation is 1. The Balaban J connectivity index is 1.76. The normalized spacial score (nSPS) is 25.7. The molecule has 4 N–H and O–H groups in total. The molecule has 2 atom stereocenters. The van der Waals surface area contributed by atoms with Crippen LogP contribution in [0.15, 0.2) is 29.4 Å². The molecule has 34 heavy (non-hydrogen) atoms. The van der Waals surface area contributed by atoms with Crippen LogP contribution in [0.3, 0.4) is 0 Å². The summed E-state index contributed by atoms with van der Waals surface area (Å²) in [5, 5.41) is 14.1. The number of fused-ring (bicyclic) bond motifs is 1. The first-order valence-corrected chi connectivity index (χ1v) is 12.6. The molecule has 0 radical (unpaired) electrons. The van der Waals surface area contributed by atoms with E-state index in [2.05, 4.69) is 30.3 Å². The number of nitrogens with zero attached hydrogens (tertiary/aromatic N) is 3. The Bertz CT molecular complexity index is 1240. The van der Waals surface area contributed by atoms with Gasteiger partial charge in [-0.15, -0.1) is 0 Å². The highest BCUT2D eigenvalue weighted by Gasteiger charge is 2.59. The summed E-state index contributed by atoms with van der Waals surface area (Å²) in [7, 11) is -3.27. The van der Waals surface area contributed by atoms with Crippen molar-refractivity contribution in [2.75, 3.05) is 11.9 Å². The van der Waals surface area contributed by atoms with E-state index in [-0.39, 0.29) is 18.1 Å². The van der Waals surface area contributed by atoms with Gasteiger partial charge in [-0.2, -0.15) is 0 Å². The summed E-state index contributed by atoms with van der Waals surface area (Å²) in [5.74, 6) is -0.741. The van der Waals surface area contributed by atoms with E-state index in [1.165, 1.54) is 18.2 Å². The largest absolute Gasteiger partial charge is 0.465 e. The Morgan fingerprint density at radius 3 is 2.74 bits per heavy atom. The topological polar surface area (TPSA) is 129 Å². The van der Waals surface area contributed by atoms with Gasteiger partial charge in [0.05, 0.1) is 28.4 Å². The number of pyridine rings is 2. The molecule has 1 amide bonds. The quantitative estimate of drug-likeness (QED) is 0.416. The van der Waals surface area contributed by atoms with Crippen molar-refractivity contribution in [3.63, 3.8) is 0 Å². The van der Waals surface area contributed by atoms with Crippen molar-refractivity contribution in [3.05, 3.63) is 53.0 Å². The Labute approximate surface area is 197 Å². The number of aromatic nitrogens is 2. The first kappa shape index (κ1) is 24.1. The van der Waals surface area contributed by atoms with Gasteiger partial charge in [0.2, 0.25) is 0 Å². The number of rotatable bonds is 4. The van der Waals surface area contributed by atoms with Gasteiger partial charge >= 0.3 is 6.09 Å². The zero-order valence-corrected chi connectivity index (χ0v) is 20.2.